The normalized spacial score (nSPS) is 10.4. The summed E-state index contributed by atoms with van der Waals surface area (Å²) < 4.78 is 5.64. The number of aromatic nitrogens is 1. The highest BCUT2D eigenvalue weighted by Crippen LogP contribution is 2.22. The van der Waals surface area contributed by atoms with Crippen molar-refractivity contribution in [3.8, 4) is 5.75 Å². The van der Waals surface area contributed by atoms with Crippen molar-refractivity contribution in [2.75, 3.05) is 11.9 Å². The molecule has 0 fully saturated rings. The van der Waals surface area contributed by atoms with E-state index >= 15 is 0 Å². The van der Waals surface area contributed by atoms with Crippen LogP contribution in [0.1, 0.15) is 24.2 Å². The molecule has 0 radical (unpaired) electrons. The lowest BCUT2D eigenvalue weighted by Gasteiger charge is -2.10. The zero-order chi connectivity index (χ0) is 16.9. The Labute approximate surface area is 153 Å². The van der Waals surface area contributed by atoms with E-state index in [9.17, 15) is 4.79 Å². The third kappa shape index (κ3) is 4.70. The Morgan fingerprint density at radius 3 is 2.56 bits per heavy atom. The number of amides is 1. The van der Waals surface area contributed by atoms with Gasteiger partial charge in [-0.1, -0.05) is 19.9 Å². The maximum atomic E-state index is 12.5. The smallest absolute Gasteiger partial charge is 0.255 e. The predicted molar refractivity (Wildman–Crippen MR) is 104 cm³/mol. The second kappa shape index (κ2) is 8.49. The van der Waals surface area contributed by atoms with Crippen molar-refractivity contribution in [3.05, 3.63) is 66.4 Å². The Balaban J connectivity index is 0.00000225. The zero-order valence-corrected chi connectivity index (χ0v) is 15.0. The first-order valence-electron chi connectivity index (χ1n) is 8.01. The van der Waals surface area contributed by atoms with E-state index < -0.39 is 0 Å². The number of ether oxygens (including phenoxy) is 1. The number of nitrogens with one attached hydrogen (secondary N) is 1. The Morgan fingerprint density at radius 1 is 1.08 bits per heavy atom. The Kier molecular flexibility index (Phi) is 6.37. The average Bonchev–Trinajstić information content (AvgIpc) is 2.60. The zero-order valence-electron chi connectivity index (χ0n) is 14.2. The molecule has 4 nitrogen and oxygen atoms in total. The number of carbonyl (C=O) groups is 1. The van der Waals surface area contributed by atoms with Gasteiger partial charge in [0.05, 0.1) is 17.8 Å². The minimum Gasteiger partial charge on any atom is -0.493 e. The van der Waals surface area contributed by atoms with Crippen LogP contribution in [-0.4, -0.2) is 17.5 Å². The summed E-state index contributed by atoms with van der Waals surface area (Å²) in [4.78, 5) is 16.8. The SMILES string of the molecule is CC(C)COc1ccc(C(=O)Nc2cccc3ncccc23)cc1.Cl. The van der Waals surface area contributed by atoms with Gasteiger partial charge >= 0.3 is 0 Å². The molecule has 1 amide bonds. The molecule has 5 heteroatoms. The number of hydrogen-bond donors (Lipinski definition) is 1. The van der Waals surface area contributed by atoms with Crippen molar-refractivity contribution in [1.82, 2.24) is 4.98 Å². The fraction of sp³-hybridized carbons (Fsp3) is 0.200. The average molecular weight is 357 g/mol. The van der Waals surface area contributed by atoms with Crippen LogP contribution in [0.15, 0.2) is 60.8 Å². The molecule has 3 rings (SSSR count). The van der Waals surface area contributed by atoms with E-state index in [1.807, 2.05) is 42.5 Å². The summed E-state index contributed by atoms with van der Waals surface area (Å²) in [6.07, 6.45) is 1.74. The highest BCUT2D eigenvalue weighted by molar-refractivity contribution is 6.08. The van der Waals surface area contributed by atoms with Crippen molar-refractivity contribution < 1.29 is 9.53 Å². The molecule has 0 unspecified atom stereocenters. The van der Waals surface area contributed by atoms with Gasteiger partial charge in [-0.15, -0.1) is 12.4 Å². The van der Waals surface area contributed by atoms with Crippen LogP contribution in [0.25, 0.3) is 10.9 Å². The maximum absolute atomic E-state index is 12.5. The van der Waals surface area contributed by atoms with Crippen LogP contribution in [0.2, 0.25) is 0 Å². The predicted octanol–water partition coefficient (Wildman–Crippen LogP) is 4.94. The molecule has 2 aromatic carbocycles. The molecule has 0 aliphatic rings. The molecule has 1 N–H and O–H groups in total. The van der Waals surface area contributed by atoms with E-state index in [1.54, 1.807) is 18.3 Å². The van der Waals surface area contributed by atoms with E-state index in [0.717, 1.165) is 22.3 Å². The summed E-state index contributed by atoms with van der Waals surface area (Å²) in [5.41, 5.74) is 2.20. The van der Waals surface area contributed by atoms with Gasteiger partial charge in [0.15, 0.2) is 0 Å². The van der Waals surface area contributed by atoms with Gasteiger partial charge in [0.25, 0.3) is 5.91 Å². The third-order valence-corrected chi connectivity index (χ3v) is 3.59. The minimum absolute atomic E-state index is 0. The van der Waals surface area contributed by atoms with Crippen molar-refractivity contribution in [2.24, 2.45) is 5.92 Å². The third-order valence-electron chi connectivity index (χ3n) is 3.59. The second-order valence-electron chi connectivity index (χ2n) is 6.06. The molecule has 130 valence electrons. The van der Waals surface area contributed by atoms with Crippen LogP contribution in [-0.2, 0) is 0 Å². The van der Waals surface area contributed by atoms with Gasteiger partial charge in [-0.25, -0.2) is 0 Å². The molecule has 3 aromatic rings. The van der Waals surface area contributed by atoms with Gasteiger partial charge in [-0.05, 0) is 54.4 Å². The molecule has 25 heavy (non-hydrogen) atoms. The summed E-state index contributed by atoms with van der Waals surface area (Å²) in [6.45, 7) is 4.86. The fourth-order valence-corrected chi connectivity index (χ4v) is 2.37. The van der Waals surface area contributed by atoms with Gasteiger partial charge in [-0.2, -0.15) is 0 Å². The van der Waals surface area contributed by atoms with Crippen LogP contribution in [0.5, 0.6) is 5.75 Å². The Morgan fingerprint density at radius 2 is 1.84 bits per heavy atom. The molecule has 0 saturated carbocycles. The summed E-state index contributed by atoms with van der Waals surface area (Å²) >= 11 is 0. The lowest BCUT2D eigenvalue weighted by Crippen LogP contribution is -2.12. The number of nitrogens with zero attached hydrogens (tertiary/aromatic N) is 1. The summed E-state index contributed by atoms with van der Waals surface area (Å²) in [5.74, 6) is 1.09. The van der Waals surface area contributed by atoms with Crippen LogP contribution in [0.3, 0.4) is 0 Å². The van der Waals surface area contributed by atoms with Gasteiger partial charge in [-0.3, -0.25) is 9.78 Å². The number of pyridine rings is 1. The van der Waals surface area contributed by atoms with Gasteiger partial charge in [0.2, 0.25) is 0 Å². The van der Waals surface area contributed by atoms with Crippen LogP contribution in [0, 0.1) is 5.92 Å². The first-order valence-corrected chi connectivity index (χ1v) is 8.01. The van der Waals surface area contributed by atoms with E-state index in [1.165, 1.54) is 0 Å². The van der Waals surface area contributed by atoms with Gasteiger partial charge in [0.1, 0.15) is 5.75 Å². The molecule has 1 heterocycles. The van der Waals surface area contributed by atoms with E-state index in [-0.39, 0.29) is 18.3 Å². The first-order chi connectivity index (χ1) is 11.6. The van der Waals surface area contributed by atoms with Gasteiger partial charge in [0, 0.05) is 17.1 Å². The number of anilines is 1. The standard InChI is InChI=1S/C20H20N2O2.ClH/c1-14(2)13-24-16-10-8-15(9-11-16)20(23)22-19-7-3-6-18-17(19)5-4-12-21-18;/h3-12,14H,13H2,1-2H3,(H,22,23);1H. The molecule has 0 bridgehead atoms. The number of benzene rings is 2. The van der Waals surface area contributed by atoms with Crippen LogP contribution < -0.4 is 10.1 Å². The fourth-order valence-electron chi connectivity index (χ4n) is 2.37. The molecular formula is C20H21ClN2O2. The lowest BCUT2D eigenvalue weighted by atomic mass is 10.1. The van der Waals surface area contributed by atoms with Crippen molar-refractivity contribution in [3.63, 3.8) is 0 Å². The molecule has 0 saturated heterocycles. The Bertz CT molecular complexity index is 842. The van der Waals surface area contributed by atoms with E-state index in [2.05, 4.69) is 24.1 Å². The highest BCUT2D eigenvalue weighted by atomic mass is 35.5. The number of hydrogen-bond acceptors (Lipinski definition) is 3. The molecular weight excluding hydrogens is 336 g/mol. The molecule has 0 aliphatic heterocycles. The summed E-state index contributed by atoms with van der Waals surface area (Å²) in [5, 5.41) is 3.87. The molecule has 0 atom stereocenters. The lowest BCUT2D eigenvalue weighted by molar-refractivity contribution is 0.102. The molecule has 1 aromatic heterocycles. The monoisotopic (exact) mass is 356 g/mol. The summed E-state index contributed by atoms with van der Waals surface area (Å²) in [7, 11) is 0. The topological polar surface area (TPSA) is 51.2 Å². The first kappa shape index (κ1) is 18.7. The van der Waals surface area contributed by atoms with Gasteiger partial charge < -0.3 is 10.1 Å². The van der Waals surface area contributed by atoms with E-state index in [4.69, 9.17) is 4.74 Å². The quantitative estimate of drug-likeness (QED) is 0.704. The number of halogens is 1. The summed E-state index contributed by atoms with van der Waals surface area (Å²) in [6, 6.07) is 16.7. The molecule has 0 aliphatic carbocycles. The number of fused-ring (bicyclic) bond motifs is 1. The van der Waals surface area contributed by atoms with Crippen LogP contribution in [0.4, 0.5) is 5.69 Å². The largest absolute Gasteiger partial charge is 0.493 e. The van der Waals surface area contributed by atoms with E-state index in [0.29, 0.717) is 18.1 Å². The van der Waals surface area contributed by atoms with Crippen molar-refractivity contribution in [1.29, 1.82) is 0 Å². The maximum Gasteiger partial charge on any atom is 0.255 e. The van der Waals surface area contributed by atoms with Crippen molar-refractivity contribution in [2.45, 2.75) is 13.8 Å². The minimum atomic E-state index is -0.151. The second-order valence-corrected chi connectivity index (χ2v) is 6.06. The highest BCUT2D eigenvalue weighted by Gasteiger charge is 2.09. The van der Waals surface area contributed by atoms with Crippen LogP contribution >= 0.6 is 12.4 Å². The molecule has 0 spiro atoms. The number of rotatable bonds is 5. The Hall–Kier alpha value is -2.59. The number of carbonyl (C=O) groups excluding carboxylic acids is 1. The van der Waals surface area contributed by atoms with Crippen molar-refractivity contribution >= 4 is 34.9 Å².